The first-order valence-corrected chi connectivity index (χ1v) is 5.82. The van der Waals surface area contributed by atoms with E-state index >= 15 is 0 Å². The number of rotatable bonds is 4. The Balaban J connectivity index is 2.65. The summed E-state index contributed by atoms with van der Waals surface area (Å²) in [5.41, 5.74) is 2.35. The Morgan fingerprint density at radius 2 is 2.06 bits per heavy atom. The lowest BCUT2D eigenvalue weighted by Crippen LogP contribution is -2.46. The molecule has 2 N–H and O–H groups in total. The molecule has 1 aromatic rings. The molecule has 1 rings (SSSR count). The SMILES string of the molecule is Cc1occc1C(=O)NNS(=O)(=O)N(C)C. The van der Waals surface area contributed by atoms with E-state index < -0.39 is 16.1 Å². The first-order chi connectivity index (χ1) is 7.34. The summed E-state index contributed by atoms with van der Waals surface area (Å²) in [5.74, 6) is -0.154. The summed E-state index contributed by atoms with van der Waals surface area (Å²) in [6.07, 6.45) is 1.35. The van der Waals surface area contributed by atoms with Gasteiger partial charge < -0.3 is 4.42 Å². The van der Waals surface area contributed by atoms with Crippen molar-refractivity contribution in [3.8, 4) is 0 Å². The van der Waals surface area contributed by atoms with E-state index in [0.29, 0.717) is 5.76 Å². The minimum atomic E-state index is -3.68. The molecule has 0 fully saturated rings. The molecule has 1 aromatic heterocycles. The third-order valence-electron chi connectivity index (χ3n) is 1.88. The van der Waals surface area contributed by atoms with Crippen LogP contribution < -0.4 is 10.3 Å². The van der Waals surface area contributed by atoms with Crippen LogP contribution >= 0.6 is 0 Å². The van der Waals surface area contributed by atoms with Crippen molar-refractivity contribution in [2.24, 2.45) is 0 Å². The second-order valence-electron chi connectivity index (χ2n) is 3.23. The summed E-state index contributed by atoms with van der Waals surface area (Å²) in [6, 6.07) is 1.45. The van der Waals surface area contributed by atoms with Gasteiger partial charge in [0.15, 0.2) is 0 Å². The van der Waals surface area contributed by atoms with Gasteiger partial charge in [-0.1, -0.05) is 0 Å². The van der Waals surface area contributed by atoms with Crippen LogP contribution in [0.4, 0.5) is 0 Å². The quantitative estimate of drug-likeness (QED) is 0.710. The van der Waals surface area contributed by atoms with Gasteiger partial charge in [-0.2, -0.15) is 12.7 Å². The van der Waals surface area contributed by atoms with Gasteiger partial charge in [0.1, 0.15) is 5.76 Å². The van der Waals surface area contributed by atoms with Crippen LogP contribution in [0.1, 0.15) is 16.1 Å². The number of hydrogen-bond donors (Lipinski definition) is 2. The van der Waals surface area contributed by atoms with Crippen molar-refractivity contribution >= 4 is 16.1 Å². The highest BCUT2D eigenvalue weighted by atomic mass is 32.2. The second kappa shape index (κ2) is 4.64. The summed E-state index contributed by atoms with van der Waals surface area (Å²) in [4.78, 5) is 13.4. The lowest BCUT2D eigenvalue weighted by atomic mass is 10.2. The fraction of sp³-hybridized carbons (Fsp3) is 0.375. The zero-order chi connectivity index (χ0) is 12.3. The molecular weight excluding hydrogens is 234 g/mol. The van der Waals surface area contributed by atoms with Gasteiger partial charge in [-0.15, -0.1) is 4.83 Å². The molecule has 0 radical (unpaired) electrons. The zero-order valence-electron chi connectivity index (χ0n) is 9.14. The number of nitrogens with one attached hydrogen (secondary N) is 2. The minimum absolute atomic E-state index is 0.279. The van der Waals surface area contributed by atoms with Gasteiger partial charge in [-0.3, -0.25) is 10.2 Å². The number of hydrogen-bond acceptors (Lipinski definition) is 4. The molecular formula is C8H13N3O4S. The Hall–Kier alpha value is -1.38. The molecule has 0 spiro atoms. The van der Waals surface area contributed by atoms with Gasteiger partial charge in [0, 0.05) is 14.1 Å². The number of nitrogens with zero attached hydrogens (tertiary/aromatic N) is 1. The third-order valence-corrected chi connectivity index (χ3v) is 3.20. The molecule has 0 aromatic carbocycles. The van der Waals surface area contributed by atoms with Crippen LogP contribution in [-0.2, 0) is 10.2 Å². The van der Waals surface area contributed by atoms with Crippen LogP contribution in [0.2, 0.25) is 0 Å². The largest absolute Gasteiger partial charge is 0.469 e. The van der Waals surface area contributed by atoms with Gasteiger partial charge in [-0.05, 0) is 13.0 Å². The molecule has 8 heteroatoms. The number of carbonyl (C=O) groups excluding carboxylic acids is 1. The molecule has 90 valence electrons. The second-order valence-corrected chi connectivity index (χ2v) is 5.12. The Kier molecular flexibility index (Phi) is 3.68. The van der Waals surface area contributed by atoms with Crippen molar-refractivity contribution in [3.05, 3.63) is 23.7 Å². The van der Waals surface area contributed by atoms with Crippen molar-refractivity contribution < 1.29 is 17.6 Å². The Labute approximate surface area is 93.6 Å². The van der Waals surface area contributed by atoms with E-state index in [1.165, 1.54) is 26.4 Å². The van der Waals surface area contributed by atoms with E-state index in [9.17, 15) is 13.2 Å². The molecule has 0 saturated carbocycles. The summed E-state index contributed by atoms with van der Waals surface area (Å²) < 4.78 is 28.4. The lowest BCUT2D eigenvalue weighted by molar-refractivity contribution is 0.0943. The summed E-state index contributed by atoms with van der Waals surface area (Å²) >= 11 is 0. The number of aryl methyl sites for hydroxylation is 1. The van der Waals surface area contributed by atoms with E-state index in [1.54, 1.807) is 6.92 Å². The van der Waals surface area contributed by atoms with Crippen LogP contribution in [0.15, 0.2) is 16.7 Å². The maximum atomic E-state index is 11.5. The molecule has 0 aliphatic heterocycles. The third kappa shape index (κ3) is 2.81. The molecule has 0 atom stereocenters. The molecule has 16 heavy (non-hydrogen) atoms. The topological polar surface area (TPSA) is 91.6 Å². The van der Waals surface area contributed by atoms with E-state index in [4.69, 9.17) is 4.42 Å². The number of amides is 1. The van der Waals surface area contributed by atoms with Crippen molar-refractivity contribution in [3.63, 3.8) is 0 Å². The zero-order valence-corrected chi connectivity index (χ0v) is 9.96. The Morgan fingerprint density at radius 3 is 2.50 bits per heavy atom. The summed E-state index contributed by atoms with van der Waals surface area (Å²) in [7, 11) is -0.987. The molecule has 0 saturated heterocycles. The number of hydrazine groups is 1. The molecule has 1 amide bonds. The minimum Gasteiger partial charge on any atom is -0.469 e. The highest BCUT2D eigenvalue weighted by Gasteiger charge is 2.16. The Bertz CT molecular complexity index is 477. The average molecular weight is 247 g/mol. The van der Waals surface area contributed by atoms with Crippen molar-refractivity contribution in [1.82, 2.24) is 14.6 Å². The van der Waals surface area contributed by atoms with Crippen molar-refractivity contribution in [1.29, 1.82) is 0 Å². The Morgan fingerprint density at radius 1 is 1.44 bits per heavy atom. The fourth-order valence-electron chi connectivity index (χ4n) is 0.890. The van der Waals surface area contributed by atoms with Crippen LogP contribution in [0.25, 0.3) is 0 Å². The van der Waals surface area contributed by atoms with Crippen molar-refractivity contribution in [2.75, 3.05) is 14.1 Å². The van der Waals surface area contributed by atoms with Crippen LogP contribution in [-0.4, -0.2) is 32.7 Å². The first kappa shape index (κ1) is 12.7. The molecule has 1 heterocycles. The maximum absolute atomic E-state index is 11.5. The highest BCUT2D eigenvalue weighted by Crippen LogP contribution is 2.07. The van der Waals surface area contributed by atoms with Gasteiger partial charge in [0.25, 0.3) is 16.1 Å². The highest BCUT2D eigenvalue weighted by molar-refractivity contribution is 7.87. The van der Waals surface area contributed by atoms with Crippen molar-refractivity contribution in [2.45, 2.75) is 6.92 Å². The monoisotopic (exact) mass is 247 g/mol. The molecule has 0 aliphatic rings. The predicted molar refractivity (Wildman–Crippen MR) is 56.7 cm³/mol. The fourth-order valence-corrected chi connectivity index (χ4v) is 1.29. The molecule has 0 unspecified atom stereocenters. The van der Waals surface area contributed by atoms with Gasteiger partial charge in [0.05, 0.1) is 11.8 Å². The van der Waals surface area contributed by atoms with E-state index in [0.717, 1.165) is 4.31 Å². The number of furan rings is 1. The molecule has 0 bridgehead atoms. The van der Waals surface area contributed by atoms with E-state index in [2.05, 4.69) is 5.43 Å². The summed E-state index contributed by atoms with van der Waals surface area (Å²) in [5, 5.41) is 0. The standard InChI is InChI=1S/C8H13N3O4S/c1-6-7(4-5-15-6)8(12)9-10-16(13,14)11(2)3/h4-5,10H,1-3H3,(H,9,12). The average Bonchev–Trinajstić information content (AvgIpc) is 2.61. The van der Waals surface area contributed by atoms with Crippen LogP contribution in [0.5, 0.6) is 0 Å². The smallest absolute Gasteiger partial charge is 0.295 e. The van der Waals surface area contributed by atoms with Gasteiger partial charge >= 0.3 is 0 Å². The number of carbonyl (C=O) groups is 1. The molecule has 0 aliphatic carbocycles. The predicted octanol–water partition coefficient (Wildman–Crippen LogP) is -0.371. The van der Waals surface area contributed by atoms with Gasteiger partial charge in [-0.25, -0.2) is 0 Å². The van der Waals surface area contributed by atoms with E-state index in [1.807, 2.05) is 4.83 Å². The molecule has 7 nitrogen and oxygen atoms in total. The normalized spacial score (nSPS) is 11.8. The lowest BCUT2D eigenvalue weighted by Gasteiger charge is -2.12. The van der Waals surface area contributed by atoms with Crippen LogP contribution in [0, 0.1) is 6.92 Å². The summed E-state index contributed by atoms with van der Waals surface area (Å²) in [6.45, 7) is 1.61. The maximum Gasteiger partial charge on any atom is 0.295 e. The first-order valence-electron chi connectivity index (χ1n) is 4.38. The van der Waals surface area contributed by atoms with Crippen LogP contribution in [0.3, 0.4) is 0 Å². The van der Waals surface area contributed by atoms with E-state index in [-0.39, 0.29) is 5.56 Å². The van der Waals surface area contributed by atoms with Gasteiger partial charge in [0.2, 0.25) is 0 Å².